The molecule has 278 valence electrons. The first-order valence-electron chi connectivity index (χ1n) is 18.9. The molecule has 7 unspecified atom stereocenters. The molecule has 4 aliphatic heterocycles. The van der Waals surface area contributed by atoms with Crippen LogP contribution in [0, 0.1) is 17.3 Å². The topological polar surface area (TPSA) is 87.6 Å². The molecule has 1 saturated carbocycles. The Morgan fingerprint density at radius 3 is 2.68 bits per heavy atom. The minimum atomic E-state index is -4.11. The van der Waals surface area contributed by atoms with Crippen molar-refractivity contribution in [2.45, 2.75) is 133 Å². The van der Waals surface area contributed by atoms with Crippen molar-refractivity contribution >= 4 is 11.9 Å². The van der Waals surface area contributed by atoms with E-state index in [-0.39, 0.29) is 61.4 Å². The van der Waals surface area contributed by atoms with E-state index in [0.717, 1.165) is 51.7 Å². The number of rotatable bonds is 9. The zero-order chi connectivity index (χ0) is 34.8. The summed E-state index contributed by atoms with van der Waals surface area (Å²) in [6.07, 6.45) is 6.86. The summed E-state index contributed by atoms with van der Waals surface area (Å²) in [7, 11) is 0. The summed E-state index contributed by atoms with van der Waals surface area (Å²) in [6, 6.07) is 12.3. The van der Waals surface area contributed by atoms with Crippen LogP contribution < -0.4 is 25.4 Å². The van der Waals surface area contributed by atoms with Crippen LogP contribution in [0.1, 0.15) is 96.2 Å². The second-order valence-electron chi connectivity index (χ2n) is 16.0. The molecule has 0 radical (unpaired) electrons. The van der Waals surface area contributed by atoms with Crippen molar-refractivity contribution in [2.24, 2.45) is 17.3 Å². The van der Waals surface area contributed by atoms with E-state index < -0.39 is 11.6 Å². The summed E-state index contributed by atoms with van der Waals surface area (Å²) in [4.78, 5) is 2.72. The lowest BCUT2D eigenvalue weighted by Crippen LogP contribution is -2.60. The Morgan fingerprint density at radius 1 is 1.04 bits per heavy atom. The van der Waals surface area contributed by atoms with Crippen molar-refractivity contribution in [3.05, 3.63) is 48.2 Å². The highest BCUT2D eigenvalue weighted by Crippen LogP contribution is 2.60. The molecule has 1 aromatic heterocycles. The number of benzene rings is 1. The number of halogens is 3. The van der Waals surface area contributed by atoms with Crippen LogP contribution in [0.5, 0.6) is 5.88 Å². The van der Waals surface area contributed by atoms with Gasteiger partial charge in [0.05, 0.1) is 42.4 Å². The molecule has 7 rings (SSSR count). The van der Waals surface area contributed by atoms with Gasteiger partial charge >= 0.3 is 6.18 Å². The fourth-order valence-electron chi connectivity index (χ4n) is 8.82. The number of hydrogen-bond acceptors (Lipinski definition) is 9. The normalized spacial score (nSPS) is 34.3. The van der Waals surface area contributed by atoms with Crippen LogP contribution in [0.3, 0.4) is 0 Å². The van der Waals surface area contributed by atoms with Crippen LogP contribution in [-0.4, -0.2) is 76.4 Å². The Labute approximate surface area is 299 Å². The van der Waals surface area contributed by atoms with Crippen molar-refractivity contribution in [1.82, 2.24) is 35.4 Å². The van der Waals surface area contributed by atoms with Gasteiger partial charge in [-0.1, -0.05) is 42.3 Å². The highest BCUT2D eigenvalue weighted by Gasteiger charge is 2.62. The standard InChI is InChI=1S/C37H56F3N7O2S/c1-35(2)22-27-10-6-17-41-30-20-29(49-25-26-8-4-3-5-9-26)21-33(43-30)50-42-23-28-11-12-31(44-34(28)46(35)24-27)47-18-13-32(45-47)48-19-7-14-36(15-16-36)37(38,39)40/h3-5,8-9,13,18,27-31,33-34,41-44H,6-7,10-12,14-17,19-25H2,1-2H3/t27-,28?,29?,30?,31?,33?,34?/m0/s1. The maximum atomic E-state index is 13.3. The Bertz CT molecular complexity index is 1380. The van der Waals surface area contributed by atoms with Crippen LogP contribution >= 0.6 is 11.9 Å². The van der Waals surface area contributed by atoms with E-state index in [2.05, 4.69) is 63.7 Å². The third kappa shape index (κ3) is 8.83. The average Bonchev–Trinajstić information content (AvgIpc) is 3.65. The predicted octanol–water partition coefficient (Wildman–Crippen LogP) is 6.55. The molecular formula is C37H56F3N7O2S. The summed E-state index contributed by atoms with van der Waals surface area (Å²) in [5, 5.41) is 16.6. The molecule has 1 aliphatic carbocycles. The smallest absolute Gasteiger partial charge is 0.394 e. The van der Waals surface area contributed by atoms with Crippen molar-refractivity contribution in [1.29, 1.82) is 0 Å². The number of alkyl halides is 3. The summed E-state index contributed by atoms with van der Waals surface area (Å²) in [5.74, 6) is 1.54. The minimum Gasteiger partial charge on any atom is -0.477 e. The Kier molecular flexibility index (Phi) is 11.4. The first-order valence-corrected chi connectivity index (χ1v) is 19.8. The molecule has 50 heavy (non-hydrogen) atoms. The molecule has 4 saturated heterocycles. The fraction of sp³-hybridized carbons (Fsp3) is 0.757. The van der Waals surface area contributed by atoms with Crippen molar-refractivity contribution < 1.29 is 22.6 Å². The van der Waals surface area contributed by atoms with E-state index in [4.69, 9.17) is 14.6 Å². The molecule has 0 spiro atoms. The Hall–Kier alpha value is -1.87. The van der Waals surface area contributed by atoms with Crippen LogP contribution in [0.2, 0.25) is 0 Å². The Balaban J connectivity index is 0.976. The van der Waals surface area contributed by atoms with E-state index in [1.54, 1.807) is 11.9 Å². The van der Waals surface area contributed by atoms with Gasteiger partial charge in [0.15, 0.2) is 0 Å². The number of piperidine rings is 2. The quantitative estimate of drug-likeness (QED) is 0.170. The van der Waals surface area contributed by atoms with Gasteiger partial charge in [-0.2, -0.15) is 13.2 Å². The molecule has 5 heterocycles. The highest BCUT2D eigenvalue weighted by molar-refractivity contribution is 7.98. The van der Waals surface area contributed by atoms with Gasteiger partial charge in [-0.25, -0.2) is 0 Å². The summed E-state index contributed by atoms with van der Waals surface area (Å²) in [5.41, 5.74) is -0.191. The number of fused-ring (bicyclic) bond motifs is 6. The summed E-state index contributed by atoms with van der Waals surface area (Å²) in [6.45, 7) is 8.64. The van der Waals surface area contributed by atoms with Gasteiger partial charge in [0.1, 0.15) is 6.17 Å². The molecule has 1 aromatic carbocycles. The number of hydrogen-bond donors (Lipinski definition) is 4. The molecule has 5 fully saturated rings. The SMILES string of the molecule is CC1(C)C[C@@H]2CCCNC3CC(OCc4ccccc4)CC(N3)SNCC3CCC(n4ccc(OCCCC5(C(F)(F)F)CC5)n4)NC3N1C2. The number of nitrogens with zero attached hydrogens (tertiary/aromatic N) is 3. The third-order valence-corrected chi connectivity index (χ3v) is 12.8. The van der Waals surface area contributed by atoms with Gasteiger partial charge in [-0.3, -0.25) is 24.9 Å². The van der Waals surface area contributed by atoms with Crippen LogP contribution in [0.15, 0.2) is 42.6 Å². The summed E-state index contributed by atoms with van der Waals surface area (Å²) >= 11 is 1.80. The first kappa shape index (κ1) is 36.5. The zero-order valence-electron chi connectivity index (χ0n) is 29.6. The molecule has 4 N–H and O–H groups in total. The van der Waals surface area contributed by atoms with Gasteiger partial charge < -0.3 is 14.8 Å². The largest absolute Gasteiger partial charge is 0.477 e. The van der Waals surface area contributed by atoms with E-state index >= 15 is 0 Å². The van der Waals surface area contributed by atoms with E-state index in [1.807, 2.05) is 23.0 Å². The van der Waals surface area contributed by atoms with Gasteiger partial charge in [0.2, 0.25) is 5.88 Å². The third-order valence-electron chi connectivity index (χ3n) is 11.8. The molecular weight excluding hydrogens is 664 g/mol. The molecule has 5 aliphatic rings. The zero-order valence-corrected chi connectivity index (χ0v) is 30.4. The molecule has 8 atom stereocenters. The van der Waals surface area contributed by atoms with Gasteiger partial charge in [-0.15, -0.1) is 5.10 Å². The second kappa shape index (κ2) is 15.6. The maximum Gasteiger partial charge on any atom is 0.394 e. The number of aromatic nitrogens is 2. The number of nitrogens with one attached hydrogen (secondary N) is 4. The average molecular weight is 720 g/mol. The summed E-state index contributed by atoms with van der Waals surface area (Å²) < 4.78 is 58.0. The maximum absolute atomic E-state index is 13.3. The fourth-order valence-corrected chi connectivity index (χ4v) is 9.88. The Morgan fingerprint density at radius 2 is 1.88 bits per heavy atom. The van der Waals surface area contributed by atoms with Gasteiger partial charge in [-0.05, 0) is 96.1 Å². The van der Waals surface area contributed by atoms with E-state index in [0.29, 0.717) is 30.7 Å². The van der Waals surface area contributed by atoms with Gasteiger partial charge in [0.25, 0.3) is 0 Å². The lowest BCUT2D eigenvalue weighted by molar-refractivity contribution is -0.189. The van der Waals surface area contributed by atoms with Gasteiger partial charge in [0, 0.05) is 43.2 Å². The molecule has 13 heteroatoms. The lowest BCUT2D eigenvalue weighted by atomic mass is 9.90. The molecule has 0 amide bonds. The van der Waals surface area contributed by atoms with Crippen molar-refractivity contribution in [3.63, 3.8) is 0 Å². The lowest BCUT2D eigenvalue weighted by Gasteiger charge is -2.47. The van der Waals surface area contributed by atoms with Crippen molar-refractivity contribution in [2.75, 3.05) is 26.2 Å². The molecule has 4 bridgehead atoms. The predicted molar refractivity (Wildman–Crippen MR) is 190 cm³/mol. The highest BCUT2D eigenvalue weighted by atomic mass is 32.2. The number of ether oxygens (including phenoxy) is 2. The van der Waals surface area contributed by atoms with Crippen LogP contribution in [0.25, 0.3) is 0 Å². The molecule has 9 nitrogen and oxygen atoms in total. The molecule has 2 aromatic rings. The van der Waals surface area contributed by atoms with E-state index in [9.17, 15) is 13.2 Å². The minimum absolute atomic E-state index is 0.0191. The van der Waals surface area contributed by atoms with E-state index in [1.165, 1.54) is 18.4 Å². The monoisotopic (exact) mass is 719 g/mol. The van der Waals surface area contributed by atoms with Crippen molar-refractivity contribution in [3.8, 4) is 5.88 Å². The first-order chi connectivity index (χ1) is 24.1. The van der Waals surface area contributed by atoms with Crippen LogP contribution in [-0.2, 0) is 11.3 Å². The second-order valence-corrected chi connectivity index (χ2v) is 17.1. The van der Waals surface area contributed by atoms with Crippen LogP contribution in [0.4, 0.5) is 13.2 Å².